The third-order valence-electron chi connectivity index (χ3n) is 1.36. The first-order chi connectivity index (χ1) is 5.95. The first kappa shape index (κ1) is 14.0. The minimum atomic E-state index is -1.38. The number of hydrogen-bond donors (Lipinski definition) is 2. The number of halogens is 3. The fraction of sp³-hybridized carbons (Fsp3) is 0. The van der Waals surface area contributed by atoms with E-state index in [0.29, 0.717) is 0 Å². The molecule has 0 atom stereocenters. The number of carbonyl (C=O) groups is 1. The smallest absolute Gasteiger partial charge is 1.00 e. The summed E-state index contributed by atoms with van der Waals surface area (Å²) in [6.07, 6.45) is 0. The number of hydrogen-bond acceptors (Lipinski definition) is 2. The van der Waals surface area contributed by atoms with Gasteiger partial charge < -0.3 is 11.6 Å². The van der Waals surface area contributed by atoms with Gasteiger partial charge in [-0.25, -0.2) is 4.79 Å². The Kier molecular flexibility index (Phi) is 5.14. The molecule has 0 aromatic heterocycles. The molecule has 0 saturated heterocycles. The Morgan fingerprint density at radius 2 is 1.79 bits per heavy atom. The molecule has 0 amide bonds. The second-order valence-corrected chi connectivity index (χ2v) is 3.38. The van der Waals surface area contributed by atoms with E-state index >= 15 is 0 Å². The van der Waals surface area contributed by atoms with Crippen molar-refractivity contribution in [3.8, 4) is 5.75 Å². The molecule has 14 heavy (non-hydrogen) atoms. The molecular formula is C7H4Cl3LiO3. The molecule has 0 aliphatic rings. The zero-order chi connectivity index (χ0) is 10.2. The zero-order valence-corrected chi connectivity index (χ0v) is 9.28. The van der Waals surface area contributed by atoms with Gasteiger partial charge in [-0.3, -0.25) is 0 Å². The van der Waals surface area contributed by atoms with Crippen molar-refractivity contribution in [3.05, 3.63) is 26.7 Å². The van der Waals surface area contributed by atoms with Gasteiger partial charge in [0.15, 0.2) is 0 Å². The Morgan fingerprint density at radius 1 is 1.29 bits per heavy atom. The van der Waals surface area contributed by atoms with Crippen molar-refractivity contribution < 1.29 is 35.3 Å². The van der Waals surface area contributed by atoms with Crippen LogP contribution in [0.2, 0.25) is 15.1 Å². The third kappa shape index (κ3) is 2.50. The second kappa shape index (κ2) is 5.16. The molecule has 0 fully saturated rings. The summed E-state index contributed by atoms with van der Waals surface area (Å²) in [5.74, 6) is -1.96. The molecule has 3 nitrogen and oxygen atoms in total. The first-order valence-corrected chi connectivity index (χ1v) is 4.18. The molecule has 0 spiro atoms. The molecule has 0 radical (unpaired) electrons. The van der Waals surface area contributed by atoms with Crippen LogP contribution in [0.4, 0.5) is 0 Å². The summed E-state index contributed by atoms with van der Waals surface area (Å²) in [6.45, 7) is 0. The molecule has 0 unspecified atom stereocenters. The van der Waals surface area contributed by atoms with Crippen LogP contribution >= 0.6 is 34.8 Å². The maximum atomic E-state index is 10.6. The number of phenols is 1. The van der Waals surface area contributed by atoms with E-state index in [1.807, 2.05) is 0 Å². The predicted octanol–water partition coefficient (Wildman–Crippen LogP) is 0.167. The van der Waals surface area contributed by atoms with Crippen LogP contribution in [0.25, 0.3) is 0 Å². The molecule has 0 heterocycles. The van der Waals surface area contributed by atoms with Gasteiger partial charge in [0.2, 0.25) is 0 Å². The van der Waals surface area contributed by atoms with Gasteiger partial charge in [-0.15, -0.1) is 0 Å². The van der Waals surface area contributed by atoms with E-state index < -0.39 is 17.3 Å². The summed E-state index contributed by atoms with van der Waals surface area (Å²) in [7, 11) is 0. The maximum Gasteiger partial charge on any atom is 1.00 e. The number of carboxylic acids is 1. The average Bonchev–Trinajstić information content (AvgIpc) is 2.01. The number of benzene rings is 1. The second-order valence-electron chi connectivity index (χ2n) is 2.18. The van der Waals surface area contributed by atoms with Crippen molar-refractivity contribution in [3.63, 3.8) is 0 Å². The third-order valence-corrected chi connectivity index (χ3v) is 2.44. The van der Waals surface area contributed by atoms with Crippen LogP contribution in [-0.2, 0) is 0 Å². The molecule has 0 aliphatic heterocycles. The van der Waals surface area contributed by atoms with Gasteiger partial charge in [-0.05, 0) is 6.07 Å². The number of aromatic hydroxyl groups is 1. The van der Waals surface area contributed by atoms with Gasteiger partial charge in [-0.2, -0.15) is 0 Å². The fourth-order valence-corrected chi connectivity index (χ4v) is 1.47. The molecule has 0 bridgehead atoms. The molecule has 2 N–H and O–H groups in total. The van der Waals surface area contributed by atoms with E-state index in [2.05, 4.69) is 0 Å². The molecule has 0 aliphatic carbocycles. The van der Waals surface area contributed by atoms with E-state index in [1.165, 1.54) is 6.07 Å². The van der Waals surface area contributed by atoms with Crippen LogP contribution in [0.1, 0.15) is 11.8 Å². The summed E-state index contributed by atoms with van der Waals surface area (Å²) in [6, 6.07) is 1.17. The maximum absolute atomic E-state index is 10.6. The predicted molar refractivity (Wildman–Crippen MR) is 51.2 cm³/mol. The van der Waals surface area contributed by atoms with Gasteiger partial charge >= 0.3 is 24.8 Å². The molecule has 1 rings (SSSR count). The minimum Gasteiger partial charge on any atom is -1.00 e. The minimum absolute atomic E-state index is 0. The SMILES string of the molecule is O=C(O)c1c(O)c(Cl)cc(Cl)c1Cl.[H-].[Li+]. The molecule has 7 heteroatoms. The molecule has 72 valence electrons. The van der Waals surface area contributed by atoms with Crippen molar-refractivity contribution in [1.82, 2.24) is 0 Å². The molecular weight excluding hydrogens is 245 g/mol. The topological polar surface area (TPSA) is 57.5 Å². The van der Waals surface area contributed by atoms with Gasteiger partial charge in [0.05, 0.1) is 15.1 Å². The van der Waals surface area contributed by atoms with Crippen LogP contribution < -0.4 is 18.9 Å². The van der Waals surface area contributed by atoms with Crippen LogP contribution in [0, 0.1) is 0 Å². The van der Waals surface area contributed by atoms with Gasteiger partial charge in [-0.1, -0.05) is 34.8 Å². The van der Waals surface area contributed by atoms with Crippen molar-refractivity contribution >= 4 is 40.8 Å². The van der Waals surface area contributed by atoms with Gasteiger partial charge in [0.25, 0.3) is 0 Å². The quantitative estimate of drug-likeness (QED) is 0.551. The van der Waals surface area contributed by atoms with Crippen LogP contribution in [0.3, 0.4) is 0 Å². The van der Waals surface area contributed by atoms with Gasteiger partial charge in [0, 0.05) is 0 Å². The van der Waals surface area contributed by atoms with E-state index in [1.54, 1.807) is 0 Å². The van der Waals surface area contributed by atoms with Crippen molar-refractivity contribution in [2.24, 2.45) is 0 Å². The summed E-state index contributed by atoms with van der Waals surface area (Å²) in [4.78, 5) is 10.6. The van der Waals surface area contributed by atoms with Crippen LogP contribution in [-0.4, -0.2) is 16.2 Å². The number of rotatable bonds is 1. The molecule has 0 saturated carbocycles. The standard InChI is InChI=1S/C7H3Cl3O3.Li.H/c8-2-1-3(9)6(11)4(5(2)10)7(12)13;;/h1,11H,(H,12,13);;/q;+1;-1. The fourth-order valence-electron chi connectivity index (χ4n) is 0.781. The zero-order valence-electron chi connectivity index (χ0n) is 8.01. The molecule has 1 aromatic carbocycles. The van der Waals surface area contributed by atoms with Crippen molar-refractivity contribution in [1.29, 1.82) is 0 Å². The summed E-state index contributed by atoms with van der Waals surface area (Å²) in [5.41, 5.74) is -0.487. The Labute approximate surface area is 108 Å². The Hall–Kier alpha value is -0.0426. The van der Waals surface area contributed by atoms with Crippen LogP contribution in [0.15, 0.2) is 6.07 Å². The Morgan fingerprint density at radius 3 is 2.21 bits per heavy atom. The summed E-state index contributed by atoms with van der Waals surface area (Å²) < 4.78 is 0. The van der Waals surface area contributed by atoms with Crippen LogP contribution in [0.5, 0.6) is 5.75 Å². The average molecular weight is 249 g/mol. The normalized spacial score (nSPS) is 9.36. The van der Waals surface area contributed by atoms with Gasteiger partial charge in [0.1, 0.15) is 11.3 Å². The van der Waals surface area contributed by atoms with E-state index in [4.69, 9.17) is 39.9 Å². The summed E-state index contributed by atoms with van der Waals surface area (Å²) >= 11 is 16.6. The largest absolute Gasteiger partial charge is 1.00 e. The first-order valence-electron chi connectivity index (χ1n) is 3.05. The van der Waals surface area contributed by atoms with E-state index in [-0.39, 0.29) is 35.4 Å². The Balaban J connectivity index is 0. The molecule has 1 aromatic rings. The Bertz CT molecular complexity index is 360. The number of aromatic carboxylic acids is 1. The van der Waals surface area contributed by atoms with Crippen molar-refractivity contribution in [2.75, 3.05) is 0 Å². The van der Waals surface area contributed by atoms with E-state index in [9.17, 15) is 9.90 Å². The van der Waals surface area contributed by atoms with E-state index in [0.717, 1.165) is 0 Å². The monoisotopic (exact) mass is 248 g/mol. The summed E-state index contributed by atoms with van der Waals surface area (Å²) in [5, 5.41) is 17.5. The number of carboxylic acid groups (broad SMARTS) is 1. The van der Waals surface area contributed by atoms with Crippen molar-refractivity contribution in [2.45, 2.75) is 0 Å².